The van der Waals surface area contributed by atoms with Crippen LogP contribution in [0.4, 0.5) is 5.69 Å². The minimum atomic E-state index is -0.326. The van der Waals surface area contributed by atoms with Crippen LogP contribution in [0.1, 0.15) is 16.1 Å². The Kier molecular flexibility index (Phi) is 3.89. The van der Waals surface area contributed by atoms with Crippen LogP contribution in [0.3, 0.4) is 0 Å². The molecule has 0 aliphatic heterocycles. The predicted molar refractivity (Wildman–Crippen MR) is 85.5 cm³/mol. The summed E-state index contributed by atoms with van der Waals surface area (Å²) in [5.41, 5.74) is 2.61. The highest BCUT2D eigenvalue weighted by Gasteiger charge is 2.13. The first kappa shape index (κ1) is 14.3. The van der Waals surface area contributed by atoms with Gasteiger partial charge in [0.05, 0.1) is 11.9 Å². The third-order valence-corrected chi connectivity index (χ3v) is 3.39. The molecule has 0 radical (unpaired) electrons. The lowest BCUT2D eigenvalue weighted by Gasteiger charge is -2.07. The number of amides is 1. The van der Waals surface area contributed by atoms with Crippen LogP contribution in [0.25, 0.3) is 5.69 Å². The van der Waals surface area contributed by atoms with Crippen molar-refractivity contribution >= 4 is 23.2 Å². The lowest BCUT2D eigenvalue weighted by atomic mass is 10.2. The van der Waals surface area contributed by atoms with Crippen LogP contribution in [-0.2, 0) is 0 Å². The van der Waals surface area contributed by atoms with Crippen molar-refractivity contribution < 1.29 is 4.79 Å². The summed E-state index contributed by atoms with van der Waals surface area (Å²) in [5, 5.41) is 11.7. The Bertz CT molecular complexity index is 814. The predicted octanol–water partition coefficient (Wildman–Crippen LogP) is 3.48. The van der Waals surface area contributed by atoms with Gasteiger partial charge in [-0.05, 0) is 36.8 Å². The Morgan fingerprint density at radius 3 is 2.73 bits per heavy atom. The van der Waals surface area contributed by atoms with E-state index in [1.165, 1.54) is 11.0 Å². The number of hydrogen-bond acceptors (Lipinski definition) is 3. The van der Waals surface area contributed by atoms with Crippen molar-refractivity contribution in [3.05, 3.63) is 71.0 Å². The first-order valence-electron chi connectivity index (χ1n) is 6.69. The van der Waals surface area contributed by atoms with Crippen molar-refractivity contribution in [3.63, 3.8) is 0 Å². The molecule has 0 aliphatic rings. The Morgan fingerprint density at radius 1 is 1.18 bits per heavy atom. The molecule has 110 valence electrons. The molecule has 3 rings (SSSR count). The standard InChI is InChI=1S/C16H13ClN4O/c1-11-7-8-12(17)9-14(11)19-16(22)15-10-18-21(20-15)13-5-3-2-4-6-13/h2-10H,1H3,(H,19,22). The van der Waals surface area contributed by atoms with Crippen LogP contribution < -0.4 is 5.32 Å². The molecule has 0 unspecified atom stereocenters. The van der Waals surface area contributed by atoms with Gasteiger partial charge in [0.1, 0.15) is 0 Å². The molecule has 0 saturated heterocycles. The van der Waals surface area contributed by atoms with Crippen molar-refractivity contribution in [1.82, 2.24) is 15.0 Å². The highest BCUT2D eigenvalue weighted by atomic mass is 35.5. The van der Waals surface area contributed by atoms with Gasteiger partial charge in [-0.3, -0.25) is 4.79 Å². The number of hydrogen-bond donors (Lipinski definition) is 1. The number of aromatic nitrogens is 3. The fourth-order valence-electron chi connectivity index (χ4n) is 1.97. The van der Waals surface area contributed by atoms with Crippen LogP contribution >= 0.6 is 11.6 Å². The second kappa shape index (κ2) is 5.99. The number of halogens is 1. The maximum Gasteiger partial charge on any atom is 0.277 e. The molecular formula is C16H13ClN4O. The minimum absolute atomic E-state index is 0.239. The molecule has 1 amide bonds. The normalized spacial score (nSPS) is 10.5. The molecule has 0 saturated carbocycles. The van der Waals surface area contributed by atoms with Gasteiger partial charge in [0, 0.05) is 10.7 Å². The van der Waals surface area contributed by atoms with Crippen molar-refractivity contribution in [2.24, 2.45) is 0 Å². The summed E-state index contributed by atoms with van der Waals surface area (Å²) in [7, 11) is 0. The monoisotopic (exact) mass is 312 g/mol. The van der Waals surface area contributed by atoms with E-state index in [9.17, 15) is 4.79 Å². The summed E-state index contributed by atoms with van der Waals surface area (Å²) >= 11 is 5.95. The van der Waals surface area contributed by atoms with Gasteiger partial charge in [0.2, 0.25) is 0 Å². The van der Waals surface area contributed by atoms with Crippen LogP contribution in [0.2, 0.25) is 5.02 Å². The van der Waals surface area contributed by atoms with Crippen LogP contribution in [0, 0.1) is 6.92 Å². The van der Waals surface area contributed by atoms with Crippen molar-refractivity contribution in [2.45, 2.75) is 6.92 Å². The highest BCUT2D eigenvalue weighted by Crippen LogP contribution is 2.20. The molecule has 0 aliphatic carbocycles. The first-order chi connectivity index (χ1) is 10.6. The first-order valence-corrected chi connectivity index (χ1v) is 7.06. The maximum atomic E-state index is 12.3. The average molecular weight is 313 g/mol. The van der Waals surface area contributed by atoms with E-state index in [0.29, 0.717) is 10.7 Å². The molecule has 0 atom stereocenters. The van der Waals surface area contributed by atoms with E-state index in [1.807, 2.05) is 43.3 Å². The number of nitrogens with zero attached hydrogens (tertiary/aromatic N) is 3. The molecule has 0 bridgehead atoms. The van der Waals surface area contributed by atoms with Crippen LogP contribution in [-0.4, -0.2) is 20.9 Å². The molecule has 2 aromatic carbocycles. The number of benzene rings is 2. The molecule has 22 heavy (non-hydrogen) atoms. The van der Waals surface area contributed by atoms with E-state index in [-0.39, 0.29) is 11.6 Å². The van der Waals surface area contributed by atoms with E-state index in [0.717, 1.165) is 11.3 Å². The summed E-state index contributed by atoms with van der Waals surface area (Å²) in [5.74, 6) is -0.326. The Hall–Kier alpha value is -2.66. The fourth-order valence-corrected chi connectivity index (χ4v) is 2.14. The number of aryl methyl sites for hydroxylation is 1. The molecule has 3 aromatic rings. The van der Waals surface area contributed by atoms with Gasteiger partial charge < -0.3 is 5.32 Å². The number of anilines is 1. The number of para-hydroxylation sites is 1. The van der Waals surface area contributed by atoms with Gasteiger partial charge in [0.15, 0.2) is 5.69 Å². The molecule has 0 fully saturated rings. The van der Waals surface area contributed by atoms with Crippen LogP contribution in [0.15, 0.2) is 54.7 Å². The second-order valence-corrected chi connectivity index (χ2v) is 5.20. The van der Waals surface area contributed by atoms with Crippen molar-refractivity contribution in [3.8, 4) is 5.69 Å². The molecule has 5 nitrogen and oxygen atoms in total. The molecular weight excluding hydrogens is 300 g/mol. The number of carbonyl (C=O) groups is 1. The molecule has 0 spiro atoms. The van der Waals surface area contributed by atoms with E-state index in [4.69, 9.17) is 11.6 Å². The summed E-state index contributed by atoms with van der Waals surface area (Å²) < 4.78 is 0. The Balaban J connectivity index is 1.81. The summed E-state index contributed by atoms with van der Waals surface area (Å²) in [6, 6.07) is 14.7. The topological polar surface area (TPSA) is 59.8 Å². The summed E-state index contributed by atoms with van der Waals surface area (Å²) in [6.45, 7) is 1.90. The van der Waals surface area contributed by atoms with Gasteiger partial charge in [-0.15, -0.1) is 5.10 Å². The van der Waals surface area contributed by atoms with Gasteiger partial charge in [-0.25, -0.2) is 0 Å². The zero-order chi connectivity index (χ0) is 15.5. The second-order valence-electron chi connectivity index (χ2n) is 4.77. The zero-order valence-electron chi connectivity index (χ0n) is 11.8. The number of rotatable bonds is 3. The smallest absolute Gasteiger partial charge is 0.277 e. The average Bonchev–Trinajstić information content (AvgIpc) is 3.02. The Morgan fingerprint density at radius 2 is 1.95 bits per heavy atom. The fraction of sp³-hybridized carbons (Fsp3) is 0.0625. The molecule has 1 heterocycles. The molecule has 1 aromatic heterocycles. The zero-order valence-corrected chi connectivity index (χ0v) is 12.6. The lowest BCUT2D eigenvalue weighted by molar-refractivity contribution is 0.102. The van der Waals surface area contributed by atoms with Gasteiger partial charge in [-0.2, -0.15) is 9.90 Å². The van der Waals surface area contributed by atoms with E-state index >= 15 is 0 Å². The quantitative estimate of drug-likeness (QED) is 0.805. The minimum Gasteiger partial charge on any atom is -0.320 e. The lowest BCUT2D eigenvalue weighted by Crippen LogP contribution is -2.14. The number of carbonyl (C=O) groups excluding carboxylic acids is 1. The van der Waals surface area contributed by atoms with E-state index in [2.05, 4.69) is 15.5 Å². The van der Waals surface area contributed by atoms with Gasteiger partial charge in [-0.1, -0.05) is 35.9 Å². The third-order valence-electron chi connectivity index (χ3n) is 3.16. The van der Waals surface area contributed by atoms with Gasteiger partial charge >= 0.3 is 0 Å². The summed E-state index contributed by atoms with van der Waals surface area (Å²) in [4.78, 5) is 13.7. The largest absolute Gasteiger partial charge is 0.320 e. The third kappa shape index (κ3) is 2.99. The maximum absolute atomic E-state index is 12.3. The SMILES string of the molecule is Cc1ccc(Cl)cc1NC(=O)c1cnn(-c2ccccc2)n1. The van der Waals surface area contributed by atoms with Crippen molar-refractivity contribution in [1.29, 1.82) is 0 Å². The van der Waals surface area contributed by atoms with Crippen LogP contribution in [0.5, 0.6) is 0 Å². The molecule has 1 N–H and O–H groups in total. The van der Waals surface area contributed by atoms with E-state index in [1.54, 1.807) is 12.1 Å². The van der Waals surface area contributed by atoms with Crippen molar-refractivity contribution in [2.75, 3.05) is 5.32 Å². The molecule has 6 heteroatoms. The Labute approximate surface area is 132 Å². The summed E-state index contributed by atoms with van der Waals surface area (Å²) in [6.07, 6.45) is 1.43. The highest BCUT2D eigenvalue weighted by molar-refractivity contribution is 6.31. The van der Waals surface area contributed by atoms with E-state index < -0.39 is 0 Å². The number of nitrogens with one attached hydrogen (secondary N) is 1. The van der Waals surface area contributed by atoms with Gasteiger partial charge in [0.25, 0.3) is 5.91 Å².